The molecule has 2 heterocycles. The van der Waals surface area contributed by atoms with Gasteiger partial charge in [-0.2, -0.15) is 0 Å². The maximum absolute atomic E-state index is 6.05. The van der Waals surface area contributed by atoms with Crippen LogP contribution in [0.25, 0.3) is 0 Å². The lowest BCUT2D eigenvalue weighted by atomic mass is 10.1. The Morgan fingerprint density at radius 3 is 2.18 bits per heavy atom. The van der Waals surface area contributed by atoms with Crippen molar-refractivity contribution in [2.24, 2.45) is 0 Å². The Hall–Kier alpha value is -2.46. The van der Waals surface area contributed by atoms with Gasteiger partial charge in [0.1, 0.15) is 5.69 Å². The van der Waals surface area contributed by atoms with Crippen molar-refractivity contribution in [3.8, 4) is 23.0 Å². The summed E-state index contributed by atoms with van der Waals surface area (Å²) in [7, 11) is 0. The van der Waals surface area contributed by atoms with Gasteiger partial charge in [-0.3, -0.25) is 4.90 Å². The number of halogens is 1. The van der Waals surface area contributed by atoms with Crippen molar-refractivity contribution in [1.82, 2.24) is 0 Å². The zero-order valence-electron chi connectivity index (χ0n) is 11.4. The largest absolute Gasteiger partial charge is 0.453 e. The van der Waals surface area contributed by atoms with E-state index in [0.29, 0.717) is 0 Å². The number of benzene rings is 3. The van der Waals surface area contributed by atoms with Crippen molar-refractivity contribution in [2.45, 2.75) is 0 Å². The molecule has 0 saturated heterocycles. The van der Waals surface area contributed by atoms with E-state index in [1.54, 1.807) is 0 Å². The molecule has 0 aliphatic carbocycles. The zero-order chi connectivity index (χ0) is 14.7. The van der Waals surface area contributed by atoms with Crippen LogP contribution in [0.15, 0.2) is 65.1 Å². The minimum Gasteiger partial charge on any atom is -0.453 e. The third kappa shape index (κ3) is 1.56. The Balaban J connectivity index is 1.87. The topological polar surface area (TPSA) is 21.7 Å². The molecule has 3 aromatic carbocycles. The van der Waals surface area contributed by atoms with Gasteiger partial charge in [-0.25, -0.2) is 0 Å². The van der Waals surface area contributed by atoms with E-state index in [2.05, 4.69) is 33.0 Å². The fraction of sp³-hybridized carbons (Fsp3) is 0. The number of ether oxygens (including phenoxy) is 2. The lowest BCUT2D eigenvalue weighted by Crippen LogP contribution is -2.20. The van der Waals surface area contributed by atoms with E-state index in [-0.39, 0.29) is 0 Å². The lowest BCUT2D eigenvalue weighted by molar-refractivity contribution is 0.446. The van der Waals surface area contributed by atoms with Gasteiger partial charge in [-0.05, 0) is 42.5 Å². The maximum atomic E-state index is 6.05. The second kappa shape index (κ2) is 4.27. The summed E-state index contributed by atoms with van der Waals surface area (Å²) in [4.78, 5) is 2.20. The first-order valence-corrected chi connectivity index (χ1v) is 7.78. The molecule has 2 aliphatic heterocycles. The SMILES string of the molecule is Brc1ccc2c(c1)N1c3ccccc3Oc3cccc(c31)O2. The highest BCUT2D eigenvalue weighted by Gasteiger charge is 2.34. The summed E-state index contributed by atoms with van der Waals surface area (Å²) in [6.45, 7) is 0. The van der Waals surface area contributed by atoms with Crippen LogP contribution in [-0.2, 0) is 0 Å². The smallest absolute Gasteiger partial charge is 0.155 e. The molecule has 0 unspecified atom stereocenters. The molecule has 0 N–H and O–H groups in total. The summed E-state index contributed by atoms with van der Waals surface area (Å²) in [6.07, 6.45) is 0. The number of anilines is 3. The van der Waals surface area contributed by atoms with Gasteiger partial charge in [0.15, 0.2) is 23.0 Å². The Kier molecular flexibility index (Phi) is 2.35. The minimum atomic E-state index is 0.807. The van der Waals surface area contributed by atoms with Crippen molar-refractivity contribution in [3.05, 3.63) is 65.1 Å². The van der Waals surface area contributed by atoms with E-state index < -0.39 is 0 Å². The molecule has 0 saturated carbocycles. The average Bonchev–Trinajstić information content (AvgIpc) is 2.55. The highest BCUT2D eigenvalue weighted by atomic mass is 79.9. The van der Waals surface area contributed by atoms with Crippen LogP contribution in [0.5, 0.6) is 23.0 Å². The molecule has 0 amide bonds. The molecule has 0 bridgehead atoms. The molecule has 5 rings (SSSR count). The normalized spacial score (nSPS) is 13.4. The van der Waals surface area contributed by atoms with Gasteiger partial charge in [0, 0.05) is 4.47 Å². The van der Waals surface area contributed by atoms with Crippen molar-refractivity contribution in [1.29, 1.82) is 0 Å². The van der Waals surface area contributed by atoms with Crippen LogP contribution in [0.2, 0.25) is 0 Å². The monoisotopic (exact) mass is 351 g/mol. The van der Waals surface area contributed by atoms with E-state index in [9.17, 15) is 0 Å². The average molecular weight is 352 g/mol. The first-order chi connectivity index (χ1) is 10.8. The van der Waals surface area contributed by atoms with Gasteiger partial charge in [0.05, 0.1) is 11.4 Å². The Labute approximate surface area is 135 Å². The summed E-state index contributed by atoms with van der Waals surface area (Å²) >= 11 is 3.55. The number of nitrogens with zero attached hydrogens (tertiary/aromatic N) is 1. The molecular weight excluding hydrogens is 342 g/mol. The van der Waals surface area contributed by atoms with Crippen molar-refractivity contribution >= 4 is 33.0 Å². The van der Waals surface area contributed by atoms with Crippen molar-refractivity contribution in [2.75, 3.05) is 4.90 Å². The molecule has 3 nitrogen and oxygen atoms in total. The summed E-state index contributed by atoms with van der Waals surface area (Å²) < 4.78 is 13.1. The number of hydrogen-bond donors (Lipinski definition) is 0. The van der Waals surface area contributed by atoms with Gasteiger partial charge in [-0.1, -0.05) is 34.1 Å². The van der Waals surface area contributed by atoms with Gasteiger partial charge in [0.25, 0.3) is 0 Å². The Bertz CT molecular complexity index is 908. The van der Waals surface area contributed by atoms with E-state index >= 15 is 0 Å². The number of para-hydroxylation sites is 3. The molecule has 0 fully saturated rings. The van der Waals surface area contributed by atoms with Gasteiger partial charge in [-0.15, -0.1) is 0 Å². The molecule has 3 aromatic rings. The minimum absolute atomic E-state index is 0.807. The molecule has 2 aliphatic rings. The van der Waals surface area contributed by atoms with E-state index in [0.717, 1.165) is 44.5 Å². The van der Waals surface area contributed by atoms with Crippen LogP contribution in [0.3, 0.4) is 0 Å². The lowest BCUT2D eigenvalue weighted by Gasteiger charge is -2.37. The van der Waals surface area contributed by atoms with Crippen LogP contribution >= 0.6 is 15.9 Å². The zero-order valence-corrected chi connectivity index (χ0v) is 13.0. The van der Waals surface area contributed by atoms with Crippen LogP contribution < -0.4 is 14.4 Å². The summed E-state index contributed by atoms with van der Waals surface area (Å²) in [5.74, 6) is 3.30. The van der Waals surface area contributed by atoms with E-state index in [1.807, 2.05) is 48.5 Å². The van der Waals surface area contributed by atoms with Crippen molar-refractivity contribution < 1.29 is 9.47 Å². The van der Waals surface area contributed by atoms with E-state index in [1.165, 1.54) is 0 Å². The third-order valence-corrected chi connectivity index (χ3v) is 4.39. The molecule has 0 aromatic heterocycles. The summed E-state index contributed by atoms with van der Waals surface area (Å²) in [5, 5.41) is 0. The third-order valence-electron chi connectivity index (χ3n) is 3.89. The second-order valence-corrected chi connectivity index (χ2v) is 6.14. The molecule has 22 heavy (non-hydrogen) atoms. The Morgan fingerprint density at radius 2 is 1.36 bits per heavy atom. The molecule has 0 spiro atoms. The fourth-order valence-electron chi connectivity index (χ4n) is 2.97. The second-order valence-electron chi connectivity index (χ2n) is 5.22. The fourth-order valence-corrected chi connectivity index (χ4v) is 3.32. The molecular formula is C18H10BrNO2. The first kappa shape index (κ1) is 12.1. The molecule has 0 radical (unpaired) electrons. The van der Waals surface area contributed by atoms with Gasteiger partial charge in [0.2, 0.25) is 0 Å². The number of hydrogen-bond acceptors (Lipinski definition) is 3. The summed E-state index contributed by atoms with van der Waals surface area (Å²) in [5.41, 5.74) is 2.97. The number of fused-ring (bicyclic) bond motifs is 4. The number of rotatable bonds is 0. The van der Waals surface area contributed by atoms with Crippen LogP contribution in [0, 0.1) is 0 Å². The predicted octanol–water partition coefficient (Wildman–Crippen LogP) is 6.13. The van der Waals surface area contributed by atoms with Crippen molar-refractivity contribution in [3.63, 3.8) is 0 Å². The molecule has 106 valence electrons. The van der Waals surface area contributed by atoms with Crippen LogP contribution in [-0.4, -0.2) is 0 Å². The molecule has 4 heteroatoms. The highest BCUT2D eigenvalue weighted by molar-refractivity contribution is 9.10. The molecule has 0 atom stereocenters. The first-order valence-electron chi connectivity index (χ1n) is 6.99. The maximum Gasteiger partial charge on any atom is 0.155 e. The predicted molar refractivity (Wildman–Crippen MR) is 89.0 cm³/mol. The standard InChI is InChI=1S/C18H10BrNO2/c19-11-8-9-15-13(10-11)20-12-4-1-2-5-14(12)21-16-6-3-7-17(22-15)18(16)20/h1-10H. The van der Waals surface area contributed by atoms with Gasteiger partial charge >= 0.3 is 0 Å². The Morgan fingerprint density at radius 1 is 0.682 bits per heavy atom. The van der Waals surface area contributed by atoms with Crippen LogP contribution in [0.4, 0.5) is 17.1 Å². The van der Waals surface area contributed by atoms with E-state index in [4.69, 9.17) is 9.47 Å². The van der Waals surface area contributed by atoms with Crippen LogP contribution in [0.1, 0.15) is 0 Å². The van der Waals surface area contributed by atoms with Gasteiger partial charge < -0.3 is 9.47 Å². The summed E-state index contributed by atoms with van der Waals surface area (Å²) in [6, 6.07) is 20.0. The quantitative estimate of drug-likeness (QED) is 0.335. The highest BCUT2D eigenvalue weighted by Crippen LogP contribution is 2.59.